The smallest absolute Gasteiger partial charge is 0.240 e. The molecule has 0 aliphatic carbocycles. The van der Waals surface area contributed by atoms with E-state index in [1.807, 2.05) is 25.2 Å². The van der Waals surface area contributed by atoms with Gasteiger partial charge in [0.2, 0.25) is 11.8 Å². The molecular formula is C15H19N3O2. The van der Waals surface area contributed by atoms with Gasteiger partial charge in [0, 0.05) is 0 Å². The number of nitrogens with one attached hydrogen (secondary N) is 1. The fourth-order valence-corrected chi connectivity index (χ4v) is 2.04. The van der Waals surface area contributed by atoms with Gasteiger partial charge in [0.25, 0.3) is 0 Å². The number of likely N-dealkylation sites (N-methyl/N-ethyl adjacent to an activating group) is 1. The van der Waals surface area contributed by atoms with Gasteiger partial charge in [0.15, 0.2) is 0 Å². The van der Waals surface area contributed by atoms with Gasteiger partial charge >= 0.3 is 0 Å². The van der Waals surface area contributed by atoms with E-state index in [2.05, 4.69) is 27.4 Å². The van der Waals surface area contributed by atoms with Crippen LogP contribution in [0, 0.1) is 0 Å². The van der Waals surface area contributed by atoms with E-state index in [-0.39, 0.29) is 6.04 Å². The Morgan fingerprint density at radius 1 is 1.15 bits per heavy atom. The third-order valence-electron chi connectivity index (χ3n) is 3.11. The molecule has 106 valence electrons. The van der Waals surface area contributed by atoms with E-state index in [1.165, 1.54) is 5.56 Å². The normalized spacial score (nSPS) is 11.9. The van der Waals surface area contributed by atoms with Gasteiger partial charge in [0.05, 0.1) is 26.5 Å². The highest BCUT2D eigenvalue weighted by Crippen LogP contribution is 2.25. The van der Waals surface area contributed by atoms with Crippen LogP contribution in [0.15, 0.2) is 36.5 Å². The standard InChI is InChI=1S/C15H19N3O2/c1-16-12(9-11-7-5-4-6-8-11)14-15(20-3)18-13(19-2)10-17-14/h4-8,10,12,16H,9H2,1-3H3. The summed E-state index contributed by atoms with van der Waals surface area (Å²) in [5, 5.41) is 3.26. The fraction of sp³-hybridized carbons (Fsp3) is 0.333. The second-order valence-corrected chi connectivity index (χ2v) is 4.34. The summed E-state index contributed by atoms with van der Waals surface area (Å²) in [6.45, 7) is 0. The van der Waals surface area contributed by atoms with E-state index >= 15 is 0 Å². The molecule has 2 aromatic rings. The second-order valence-electron chi connectivity index (χ2n) is 4.34. The summed E-state index contributed by atoms with van der Waals surface area (Å²) in [5.74, 6) is 0.930. The molecule has 0 spiro atoms. The molecule has 5 heteroatoms. The van der Waals surface area contributed by atoms with Crippen molar-refractivity contribution in [2.45, 2.75) is 12.5 Å². The van der Waals surface area contributed by atoms with Crippen LogP contribution in [-0.4, -0.2) is 31.2 Å². The van der Waals surface area contributed by atoms with Crippen molar-refractivity contribution in [2.24, 2.45) is 0 Å². The van der Waals surface area contributed by atoms with Gasteiger partial charge in [-0.3, -0.25) is 0 Å². The molecule has 1 aromatic heterocycles. The molecule has 0 saturated heterocycles. The predicted octanol–water partition coefficient (Wildman–Crippen LogP) is 2.00. The van der Waals surface area contributed by atoms with Crippen LogP contribution >= 0.6 is 0 Å². The van der Waals surface area contributed by atoms with Crippen molar-refractivity contribution in [3.05, 3.63) is 47.8 Å². The van der Waals surface area contributed by atoms with E-state index in [0.717, 1.165) is 12.1 Å². The van der Waals surface area contributed by atoms with E-state index in [4.69, 9.17) is 9.47 Å². The van der Waals surface area contributed by atoms with Crippen LogP contribution in [0.25, 0.3) is 0 Å². The highest BCUT2D eigenvalue weighted by Gasteiger charge is 2.18. The van der Waals surface area contributed by atoms with Crippen molar-refractivity contribution < 1.29 is 9.47 Å². The van der Waals surface area contributed by atoms with Crippen LogP contribution in [0.2, 0.25) is 0 Å². The Hall–Kier alpha value is -2.14. The molecule has 1 heterocycles. The first-order valence-electron chi connectivity index (χ1n) is 6.44. The third kappa shape index (κ3) is 3.24. The second kappa shape index (κ2) is 6.86. The lowest BCUT2D eigenvalue weighted by Gasteiger charge is -2.18. The molecule has 1 unspecified atom stereocenters. The quantitative estimate of drug-likeness (QED) is 0.872. The average molecular weight is 273 g/mol. The molecule has 0 aliphatic heterocycles. The highest BCUT2D eigenvalue weighted by molar-refractivity contribution is 5.28. The van der Waals surface area contributed by atoms with Crippen molar-refractivity contribution in [2.75, 3.05) is 21.3 Å². The van der Waals surface area contributed by atoms with Crippen molar-refractivity contribution >= 4 is 0 Å². The molecule has 1 N–H and O–H groups in total. The summed E-state index contributed by atoms with van der Waals surface area (Å²) < 4.78 is 10.4. The number of nitrogens with zero attached hydrogens (tertiary/aromatic N) is 2. The Bertz CT molecular complexity index is 546. The number of aromatic nitrogens is 2. The van der Waals surface area contributed by atoms with Gasteiger partial charge in [-0.1, -0.05) is 30.3 Å². The van der Waals surface area contributed by atoms with E-state index in [1.54, 1.807) is 20.4 Å². The van der Waals surface area contributed by atoms with Crippen LogP contribution in [0.4, 0.5) is 0 Å². The minimum Gasteiger partial charge on any atom is -0.480 e. The zero-order valence-corrected chi connectivity index (χ0v) is 12.0. The topological polar surface area (TPSA) is 56.3 Å². The SMILES string of the molecule is CNC(Cc1ccccc1)c1ncc(OC)nc1OC. The number of hydrogen-bond acceptors (Lipinski definition) is 5. The predicted molar refractivity (Wildman–Crippen MR) is 77.1 cm³/mol. The number of rotatable bonds is 6. The van der Waals surface area contributed by atoms with Crippen molar-refractivity contribution in [3.8, 4) is 11.8 Å². The van der Waals surface area contributed by atoms with Gasteiger partial charge in [-0.15, -0.1) is 0 Å². The molecule has 0 aliphatic rings. The molecule has 20 heavy (non-hydrogen) atoms. The molecule has 5 nitrogen and oxygen atoms in total. The summed E-state index contributed by atoms with van der Waals surface area (Å²) in [6.07, 6.45) is 2.42. The molecule has 0 amide bonds. The third-order valence-corrected chi connectivity index (χ3v) is 3.11. The summed E-state index contributed by atoms with van der Waals surface area (Å²) in [6, 6.07) is 10.3. The average Bonchev–Trinajstić information content (AvgIpc) is 2.53. The minimum atomic E-state index is 0.0331. The monoisotopic (exact) mass is 273 g/mol. The maximum atomic E-state index is 5.31. The Morgan fingerprint density at radius 2 is 1.90 bits per heavy atom. The number of ether oxygens (including phenoxy) is 2. The molecule has 2 rings (SSSR count). The van der Waals surface area contributed by atoms with Gasteiger partial charge < -0.3 is 14.8 Å². The van der Waals surface area contributed by atoms with Crippen LogP contribution in [-0.2, 0) is 6.42 Å². The zero-order valence-electron chi connectivity index (χ0n) is 12.0. The Morgan fingerprint density at radius 3 is 2.50 bits per heavy atom. The minimum absolute atomic E-state index is 0.0331. The van der Waals surface area contributed by atoms with E-state index in [9.17, 15) is 0 Å². The summed E-state index contributed by atoms with van der Waals surface area (Å²) in [7, 11) is 5.05. The molecule has 1 aromatic carbocycles. The maximum absolute atomic E-state index is 5.31. The largest absolute Gasteiger partial charge is 0.480 e. The van der Waals surface area contributed by atoms with Crippen LogP contribution in [0.1, 0.15) is 17.3 Å². The Kier molecular flexibility index (Phi) is 4.90. The van der Waals surface area contributed by atoms with E-state index in [0.29, 0.717) is 11.8 Å². The van der Waals surface area contributed by atoms with Crippen LogP contribution in [0.5, 0.6) is 11.8 Å². The lowest BCUT2D eigenvalue weighted by Crippen LogP contribution is -2.21. The number of benzene rings is 1. The molecule has 0 fully saturated rings. The number of hydrogen-bond donors (Lipinski definition) is 1. The van der Waals surface area contributed by atoms with Gasteiger partial charge in [0.1, 0.15) is 5.69 Å². The van der Waals surface area contributed by atoms with Crippen LogP contribution in [0.3, 0.4) is 0 Å². The van der Waals surface area contributed by atoms with Gasteiger partial charge in [-0.25, -0.2) is 4.98 Å². The van der Waals surface area contributed by atoms with Crippen molar-refractivity contribution in [3.63, 3.8) is 0 Å². The lowest BCUT2D eigenvalue weighted by molar-refractivity contribution is 0.350. The molecule has 0 saturated carbocycles. The molecule has 1 atom stereocenters. The first-order chi connectivity index (χ1) is 9.78. The van der Waals surface area contributed by atoms with Crippen molar-refractivity contribution in [1.82, 2.24) is 15.3 Å². The highest BCUT2D eigenvalue weighted by atomic mass is 16.5. The van der Waals surface area contributed by atoms with Crippen LogP contribution < -0.4 is 14.8 Å². The summed E-state index contributed by atoms with van der Waals surface area (Å²) in [5.41, 5.74) is 2.01. The Labute approximate surface area is 119 Å². The van der Waals surface area contributed by atoms with Gasteiger partial charge in [-0.2, -0.15) is 4.98 Å². The summed E-state index contributed by atoms with van der Waals surface area (Å²) >= 11 is 0. The lowest BCUT2D eigenvalue weighted by atomic mass is 10.0. The van der Waals surface area contributed by atoms with Gasteiger partial charge in [-0.05, 0) is 19.0 Å². The van der Waals surface area contributed by atoms with Crippen molar-refractivity contribution in [1.29, 1.82) is 0 Å². The molecule has 0 radical (unpaired) electrons. The number of methoxy groups -OCH3 is 2. The summed E-state index contributed by atoms with van der Waals surface area (Å²) in [4.78, 5) is 8.69. The zero-order chi connectivity index (χ0) is 14.4. The molecule has 0 bridgehead atoms. The maximum Gasteiger partial charge on any atom is 0.240 e. The molecular weight excluding hydrogens is 254 g/mol. The van der Waals surface area contributed by atoms with E-state index < -0.39 is 0 Å². The first-order valence-corrected chi connectivity index (χ1v) is 6.44. The fourth-order valence-electron chi connectivity index (χ4n) is 2.04. The Balaban J connectivity index is 2.27. The first kappa shape index (κ1) is 14.3.